The highest BCUT2D eigenvalue weighted by atomic mass is 79.9. The van der Waals surface area contributed by atoms with Crippen LogP contribution in [0.4, 0.5) is 26.3 Å². The van der Waals surface area contributed by atoms with Crippen LogP contribution in [0.25, 0.3) is 21.1 Å². The Hall–Kier alpha value is -7.39. The average Bonchev–Trinajstić information content (AvgIpc) is 4.04. The lowest BCUT2D eigenvalue weighted by molar-refractivity contribution is -0.153. The number of methoxy groups -OCH3 is 1. The molecule has 0 aliphatic rings. The number of benzene rings is 6. The van der Waals surface area contributed by atoms with Crippen molar-refractivity contribution < 1.29 is 59.7 Å². The first kappa shape index (κ1) is 59.5. The maximum absolute atomic E-state index is 14.1. The second-order valence-electron chi connectivity index (χ2n) is 15.6. The molecule has 0 aliphatic heterocycles. The molecule has 0 saturated heterocycles. The first-order valence-corrected chi connectivity index (χ1v) is 25.8. The van der Waals surface area contributed by atoms with E-state index in [1.165, 1.54) is 18.4 Å². The second kappa shape index (κ2) is 29.6. The van der Waals surface area contributed by atoms with Gasteiger partial charge < -0.3 is 19.9 Å². The standard InChI is InChI=1S/C19H15F2NO2S.C18H13F2NO2S.C12H13BrO3.C7H5F2NS/c1-2-24-19(23)17-16(10-12-6-4-3-5-7-12)25-18(22-17)14-11-13(20)8-9-15(14)21;1-23-18(22)16-15(9-11-5-3-2-4-6-11)24-17(21-16)13-10-12(19)7-8-14(13)20;1-2-16-12(15)11(14)10(13)8-9-6-4-3-5-7-9;8-4-1-2-6(9)5(3-4)7(10)11/h3-9,11H,2,10H2,1H3;2-8,10H,9H2,1H3;3-7,10H,2,8H2,1H3;1-3H,(H2,10,11). The Labute approximate surface area is 455 Å². The van der Waals surface area contributed by atoms with Crippen LogP contribution in [-0.2, 0) is 43.1 Å². The summed E-state index contributed by atoms with van der Waals surface area (Å²) in [5.74, 6) is -5.92. The normalized spacial score (nSPS) is 10.8. The zero-order valence-corrected chi connectivity index (χ0v) is 44.7. The summed E-state index contributed by atoms with van der Waals surface area (Å²) in [5, 5.41) is 0.504. The minimum Gasteiger partial charge on any atom is -0.464 e. The number of esters is 3. The van der Waals surface area contributed by atoms with Gasteiger partial charge in [0.15, 0.2) is 11.4 Å². The number of thiocarbonyl (C=S) groups is 1. The second-order valence-corrected chi connectivity index (χ2v) is 19.3. The molecule has 0 aliphatic carbocycles. The molecular formula is C56H46BrF6N3O7S3. The Kier molecular flexibility index (Phi) is 23.2. The number of halogens is 7. The summed E-state index contributed by atoms with van der Waals surface area (Å²) in [7, 11) is 1.26. The Bertz CT molecular complexity index is 3260. The van der Waals surface area contributed by atoms with Gasteiger partial charge in [0.1, 0.15) is 49.9 Å². The summed E-state index contributed by atoms with van der Waals surface area (Å²) in [6.45, 7) is 3.81. The van der Waals surface area contributed by atoms with Crippen molar-refractivity contribution in [1.29, 1.82) is 0 Å². The van der Waals surface area contributed by atoms with Crippen molar-refractivity contribution in [3.8, 4) is 21.1 Å². The number of alkyl halides is 1. The van der Waals surface area contributed by atoms with Crippen LogP contribution >= 0.6 is 50.8 Å². The van der Waals surface area contributed by atoms with E-state index in [-0.39, 0.29) is 56.3 Å². The average molecular weight is 1160 g/mol. The first-order valence-electron chi connectivity index (χ1n) is 22.8. The number of carbonyl (C=O) groups excluding carboxylic acids is 4. The van der Waals surface area contributed by atoms with E-state index in [4.69, 9.17) is 15.2 Å². The Morgan fingerprint density at radius 2 is 0.987 bits per heavy atom. The number of nitrogens with two attached hydrogens (primary N) is 1. The maximum atomic E-state index is 14.1. The third kappa shape index (κ3) is 17.6. The predicted molar refractivity (Wildman–Crippen MR) is 287 cm³/mol. The van der Waals surface area contributed by atoms with Crippen LogP contribution in [-0.4, -0.2) is 63.8 Å². The van der Waals surface area contributed by atoms with Crippen LogP contribution in [0, 0.1) is 34.9 Å². The van der Waals surface area contributed by atoms with Crippen molar-refractivity contribution >= 4 is 79.5 Å². The summed E-state index contributed by atoms with van der Waals surface area (Å²) in [5.41, 5.74) is 8.37. The summed E-state index contributed by atoms with van der Waals surface area (Å²) >= 11 is 10.0. The summed E-state index contributed by atoms with van der Waals surface area (Å²) < 4.78 is 94.5. The van der Waals surface area contributed by atoms with E-state index in [1.54, 1.807) is 13.8 Å². The van der Waals surface area contributed by atoms with Crippen molar-refractivity contribution in [3.05, 3.63) is 224 Å². The number of hydrogen-bond donors (Lipinski definition) is 1. The van der Waals surface area contributed by atoms with Crippen molar-refractivity contribution in [2.45, 2.75) is 37.9 Å². The molecular weight excluding hydrogens is 1120 g/mol. The minimum atomic E-state index is -0.777. The predicted octanol–water partition coefficient (Wildman–Crippen LogP) is 13.0. The number of rotatable bonds is 15. The zero-order chi connectivity index (χ0) is 55.3. The molecule has 6 aromatic carbocycles. The molecule has 2 N–H and O–H groups in total. The third-order valence-corrected chi connectivity index (χ3v) is 13.3. The molecule has 0 spiro atoms. The number of nitrogens with zero attached hydrogens (tertiary/aromatic N) is 2. The number of ether oxygens (including phenoxy) is 3. The molecule has 394 valence electrons. The number of ketones is 1. The van der Waals surface area contributed by atoms with Gasteiger partial charge in [0, 0.05) is 39.3 Å². The van der Waals surface area contributed by atoms with E-state index in [0.29, 0.717) is 29.0 Å². The molecule has 0 amide bonds. The molecule has 2 aromatic heterocycles. The Morgan fingerprint density at radius 3 is 1.39 bits per heavy atom. The van der Waals surface area contributed by atoms with Gasteiger partial charge in [0.25, 0.3) is 5.78 Å². The Balaban J connectivity index is 0.000000195. The molecule has 10 nitrogen and oxygen atoms in total. The van der Waals surface area contributed by atoms with Gasteiger partial charge in [-0.15, -0.1) is 22.7 Å². The number of thiazole rings is 2. The van der Waals surface area contributed by atoms with Gasteiger partial charge in [-0.1, -0.05) is 119 Å². The van der Waals surface area contributed by atoms with E-state index >= 15 is 0 Å². The smallest absolute Gasteiger partial charge is 0.375 e. The van der Waals surface area contributed by atoms with E-state index in [1.807, 2.05) is 91.0 Å². The van der Waals surface area contributed by atoms with Crippen LogP contribution in [0.5, 0.6) is 0 Å². The van der Waals surface area contributed by atoms with E-state index in [9.17, 15) is 45.5 Å². The molecule has 0 radical (unpaired) electrons. The quantitative estimate of drug-likeness (QED) is 0.0261. The molecule has 8 aromatic rings. The number of aromatic nitrogens is 2. The zero-order valence-electron chi connectivity index (χ0n) is 40.7. The van der Waals surface area contributed by atoms with Gasteiger partial charge in [0.05, 0.1) is 25.2 Å². The Morgan fingerprint density at radius 1 is 0.579 bits per heavy atom. The number of Topliss-reactive ketones (excluding diaryl/α,β-unsaturated/α-hetero) is 1. The van der Waals surface area contributed by atoms with Gasteiger partial charge in [-0.05, 0) is 91.6 Å². The monoisotopic (exact) mass is 1160 g/mol. The van der Waals surface area contributed by atoms with Gasteiger partial charge in [0.2, 0.25) is 0 Å². The van der Waals surface area contributed by atoms with E-state index in [2.05, 4.69) is 42.9 Å². The topological polar surface area (TPSA) is 148 Å². The molecule has 0 saturated carbocycles. The van der Waals surface area contributed by atoms with Crippen molar-refractivity contribution in [2.75, 3.05) is 20.3 Å². The first-order chi connectivity index (χ1) is 36.4. The third-order valence-electron chi connectivity index (χ3n) is 10.2. The van der Waals surface area contributed by atoms with Gasteiger partial charge in [-0.2, -0.15) is 0 Å². The molecule has 2 heterocycles. The molecule has 8 rings (SSSR count). The van der Waals surface area contributed by atoms with Crippen LogP contribution in [0.15, 0.2) is 146 Å². The lowest BCUT2D eigenvalue weighted by Gasteiger charge is -2.07. The van der Waals surface area contributed by atoms with Gasteiger partial charge >= 0.3 is 17.9 Å². The number of carbonyl (C=O) groups is 4. The summed E-state index contributed by atoms with van der Waals surface area (Å²) in [6, 6.07) is 37.9. The fourth-order valence-electron chi connectivity index (χ4n) is 6.60. The molecule has 1 atom stereocenters. The fraction of sp³-hybridized carbons (Fsp3) is 0.161. The minimum absolute atomic E-state index is 0.0319. The van der Waals surface area contributed by atoms with Crippen molar-refractivity contribution in [2.24, 2.45) is 5.73 Å². The van der Waals surface area contributed by atoms with Crippen LogP contribution in [0.1, 0.15) is 66.8 Å². The highest BCUT2D eigenvalue weighted by Crippen LogP contribution is 2.34. The van der Waals surface area contributed by atoms with Crippen molar-refractivity contribution in [1.82, 2.24) is 9.97 Å². The maximum Gasteiger partial charge on any atom is 0.375 e. The van der Waals surface area contributed by atoms with Crippen LogP contribution < -0.4 is 5.73 Å². The summed E-state index contributed by atoms with van der Waals surface area (Å²) in [4.78, 5) is 55.9. The fourth-order valence-corrected chi connectivity index (χ4v) is 9.52. The molecule has 1 unspecified atom stereocenters. The van der Waals surface area contributed by atoms with Crippen LogP contribution in [0.3, 0.4) is 0 Å². The number of hydrogen-bond acceptors (Lipinski definition) is 12. The largest absolute Gasteiger partial charge is 0.464 e. The molecule has 76 heavy (non-hydrogen) atoms. The van der Waals surface area contributed by atoms with Gasteiger partial charge in [-0.25, -0.2) is 50.7 Å². The highest BCUT2D eigenvalue weighted by Gasteiger charge is 2.25. The lowest BCUT2D eigenvalue weighted by atomic mass is 10.1. The highest BCUT2D eigenvalue weighted by molar-refractivity contribution is 9.10. The SMILES string of the molecule is CCOC(=O)C(=O)C(Br)Cc1ccccc1.CCOC(=O)c1nc(-c2cc(F)ccc2F)sc1Cc1ccccc1.COC(=O)c1nc(-c2cc(F)ccc2F)sc1Cc1ccccc1.NC(=S)c1cc(F)ccc1F. The van der Waals surface area contributed by atoms with E-state index in [0.717, 1.165) is 82.6 Å². The molecule has 20 heteroatoms. The molecule has 0 bridgehead atoms. The van der Waals surface area contributed by atoms with Gasteiger partial charge in [-0.3, -0.25) is 4.79 Å². The molecule has 0 fully saturated rings. The van der Waals surface area contributed by atoms with E-state index < -0.39 is 63.4 Å². The van der Waals surface area contributed by atoms with Crippen molar-refractivity contribution in [3.63, 3.8) is 0 Å². The van der Waals surface area contributed by atoms with Crippen LogP contribution in [0.2, 0.25) is 0 Å². The summed E-state index contributed by atoms with van der Waals surface area (Å²) in [6.07, 6.45) is 1.40. The lowest BCUT2D eigenvalue weighted by Crippen LogP contribution is -2.27.